The SMILES string of the molecule is O=NO.[H-].[K+].[Pd]. The summed E-state index contributed by atoms with van der Waals surface area (Å²) in [5, 5.41) is 7.89. The Morgan fingerprint density at radius 2 is 1.80 bits per heavy atom. The summed E-state index contributed by atoms with van der Waals surface area (Å²) in [7, 11) is 0. The molecular formula is H2KNO2Pd. The van der Waals surface area contributed by atoms with E-state index in [0.717, 1.165) is 0 Å². The van der Waals surface area contributed by atoms with Crippen molar-refractivity contribution in [2.24, 2.45) is 5.34 Å². The van der Waals surface area contributed by atoms with Gasteiger partial charge < -0.3 is 6.63 Å². The summed E-state index contributed by atoms with van der Waals surface area (Å²) >= 11 is 0. The number of rotatable bonds is 0. The van der Waals surface area contributed by atoms with Crippen molar-refractivity contribution in [2.75, 3.05) is 0 Å². The smallest absolute Gasteiger partial charge is 1.00 e. The molecule has 0 bridgehead atoms. The summed E-state index contributed by atoms with van der Waals surface area (Å²) in [6.07, 6.45) is 0. The third-order valence-electron chi connectivity index (χ3n) is 0. The molecule has 0 fully saturated rings. The van der Waals surface area contributed by atoms with Gasteiger partial charge >= 0.3 is 51.4 Å². The monoisotopic (exact) mass is 193 g/mol. The zero-order valence-corrected chi connectivity index (χ0v) is 7.30. The Labute approximate surface area is 87.0 Å². The van der Waals surface area contributed by atoms with Crippen LogP contribution in [0.5, 0.6) is 0 Å². The van der Waals surface area contributed by atoms with Crippen molar-refractivity contribution in [1.82, 2.24) is 0 Å². The van der Waals surface area contributed by atoms with E-state index in [-0.39, 0.29) is 73.2 Å². The fourth-order valence-corrected chi connectivity index (χ4v) is 0. The first-order valence-corrected chi connectivity index (χ1v) is 0.383. The van der Waals surface area contributed by atoms with Gasteiger partial charge in [0.2, 0.25) is 0 Å². The Morgan fingerprint density at radius 3 is 1.80 bits per heavy atom. The van der Waals surface area contributed by atoms with E-state index in [1.165, 1.54) is 5.34 Å². The van der Waals surface area contributed by atoms with Crippen LogP contribution in [0, 0.1) is 4.91 Å². The summed E-state index contributed by atoms with van der Waals surface area (Å²) in [5.41, 5.74) is 0. The molecule has 5 heavy (non-hydrogen) atoms. The van der Waals surface area contributed by atoms with Crippen LogP contribution in [-0.4, -0.2) is 5.21 Å². The topological polar surface area (TPSA) is 49.7 Å². The summed E-state index contributed by atoms with van der Waals surface area (Å²) in [5.74, 6) is 0. The minimum Gasteiger partial charge on any atom is -1.00 e. The van der Waals surface area contributed by atoms with Gasteiger partial charge in [0.1, 0.15) is 0 Å². The van der Waals surface area contributed by atoms with Crippen LogP contribution in [0.15, 0.2) is 5.34 Å². The predicted molar refractivity (Wildman–Crippen MR) is 8.69 cm³/mol. The number of nitrogens with zero attached hydrogens (tertiary/aromatic N) is 1. The van der Waals surface area contributed by atoms with Crippen LogP contribution in [0.4, 0.5) is 0 Å². The van der Waals surface area contributed by atoms with Crippen molar-refractivity contribution >= 4 is 0 Å². The minimum atomic E-state index is 0. The zero-order chi connectivity index (χ0) is 2.71. The molecule has 0 unspecified atom stereocenters. The molecule has 0 spiro atoms. The van der Waals surface area contributed by atoms with Crippen LogP contribution in [-0.2, 0) is 20.4 Å². The van der Waals surface area contributed by atoms with Crippen molar-refractivity contribution < 1.29 is 78.4 Å². The first kappa shape index (κ1) is 15.9. The molecule has 3 nitrogen and oxygen atoms in total. The van der Waals surface area contributed by atoms with Crippen molar-refractivity contribution in [3.63, 3.8) is 0 Å². The molecule has 0 aliphatic carbocycles. The van der Waals surface area contributed by atoms with E-state index < -0.39 is 0 Å². The van der Waals surface area contributed by atoms with Crippen LogP contribution in [0.25, 0.3) is 0 Å². The third-order valence-corrected chi connectivity index (χ3v) is 0. The zero-order valence-electron chi connectivity index (χ0n) is 3.62. The summed E-state index contributed by atoms with van der Waals surface area (Å²) in [6, 6.07) is 0. The molecule has 0 atom stereocenters. The molecule has 0 radical (unpaired) electrons. The Morgan fingerprint density at radius 1 is 1.80 bits per heavy atom. The molecule has 1 N–H and O–H groups in total. The van der Waals surface area contributed by atoms with Gasteiger partial charge in [-0.1, -0.05) is 0 Å². The van der Waals surface area contributed by atoms with Crippen molar-refractivity contribution in [3.05, 3.63) is 4.91 Å². The number of hydrogen-bond acceptors (Lipinski definition) is 2. The molecule has 0 aromatic heterocycles. The van der Waals surface area contributed by atoms with E-state index in [2.05, 4.69) is 0 Å². The molecule has 0 rings (SSSR count). The van der Waals surface area contributed by atoms with Crippen LogP contribution in [0.2, 0.25) is 0 Å². The van der Waals surface area contributed by atoms with Crippen LogP contribution < -0.4 is 51.4 Å². The molecule has 0 saturated carbocycles. The largest absolute Gasteiger partial charge is 1.00 e. The molecule has 0 saturated heterocycles. The van der Waals surface area contributed by atoms with Gasteiger partial charge in [0.15, 0.2) is 5.34 Å². The summed E-state index contributed by atoms with van der Waals surface area (Å²) in [6.45, 7) is 0. The Hall–Kier alpha value is 1.70. The van der Waals surface area contributed by atoms with Crippen LogP contribution in [0.1, 0.15) is 1.43 Å². The standard InChI is InChI=1S/K.HNO2.Pd.H/c;2-1-3;;/h;(H,2,3);;/q+1;;;-1. The fourth-order valence-electron chi connectivity index (χ4n) is 0. The molecule has 0 aliphatic heterocycles. The maximum absolute atomic E-state index is 8.11. The molecule has 0 aromatic carbocycles. The van der Waals surface area contributed by atoms with E-state index >= 15 is 0 Å². The summed E-state index contributed by atoms with van der Waals surface area (Å²) in [4.78, 5) is 8.11. The normalized spacial score (nSPS) is 2.40. The number of hydrogen-bond donors (Lipinski definition) is 1. The van der Waals surface area contributed by atoms with Gasteiger partial charge in [0.25, 0.3) is 0 Å². The van der Waals surface area contributed by atoms with Crippen LogP contribution in [0.3, 0.4) is 0 Å². The Balaban J connectivity index is -0.00000000667. The van der Waals surface area contributed by atoms with Crippen molar-refractivity contribution in [1.29, 1.82) is 0 Å². The second kappa shape index (κ2) is 17.3. The molecular weight excluding hydrogens is 192 g/mol. The second-order valence-electron chi connectivity index (χ2n) is 0.0816. The van der Waals surface area contributed by atoms with Gasteiger partial charge in [-0.2, -0.15) is 0 Å². The van der Waals surface area contributed by atoms with E-state index in [0.29, 0.717) is 0 Å². The van der Waals surface area contributed by atoms with Crippen molar-refractivity contribution in [2.45, 2.75) is 0 Å². The Bertz CT molecular complexity index is 21.0. The molecule has 0 amide bonds. The van der Waals surface area contributed by atoms with Gasteiger partial charge in [0, 0.05) is 20.4 Å². The minimum absolute atomic E-state index is 0. The molecule has 0 aliphatic rings. The van der Waals surface area contributed by atoms with Gasteiger partial charge in [-0.05, 0) is 0 Å². The van der Waals surface area contributed by atoms with Crippen LogP contribution >= 0.6 is 0 Å². The van der Waals surface area contributed by atoms with Gasteiger partial charge in [-0.25, -0.2) is 0 Å². The average Bonchev–Trinajstić information content (AvgIpc) is 0.918. The van der Waals surface area contributed by atoms with Gasteiger partial charge in [-0.15, -0.1) is 4.91 Å². The quantitative estimate of drug-likeness (QED) is 0.258. The molecule has 0 aromatic rings. The molecule has 5 heteroatoms. The summed E-state index contributed by atoms with van der Waals surface area (Å²) < 4.78 is 0. The average molecular weight is 194 g/mol. The first-order valence-electron chi connectivity index (χ1n) is 0.383. The van der Waals surface area contributed by atoms with Gasteiger partial charge in [0.05, 0.1) is 0 Å². The van der Waals surface area contributed by atoms with E-state index in [1.54, 1.807) is 0 Å². The van der Waals surface area contributed by atoms with Gasteiger partial charge in [-0.3, -0.25) is 0 Å². The fraction of sp³-hybridized carbons (Fsp3) is 0. The van der Waals surface area contributed by atoms with E-state index in [9.17, 15) is 0 Å². The Kier molecular flexibility index (Phi) is 54.9. The van der Waals surface area contributed by atoms with Crippen molar-refractivity contribution in [3.8, 4) is 0 Å². The second-order valence-corrected chi connectivity index (χ2v) is 0.0816. The molecule has 30 valence electrons. The maximum Gasteiger partial charge on any atom is 1.00 e. The third kappa shape index (κ3) is 27.0. The maximum atomic E-state index is 8.11. The predicted octanol–water partition coefficient (Wildman–Crippen LogP) is -2.74. The molecule has 0 heterocycles. The van der Waals surface area contributed by atoms with E-state index in [1.807, 2.05) is 0 Å². The van der Waals surface area contributed by atoms with E-state index in [4.69, 9.17) is 10.1 Å². The first-order chi connectivity index (χ1) is 1.41.